The molecule has 0 N–H and O–H groups in total. The van der Waals surface area contributed by atoms with Gasteiger partial charge in [-0.2, -0.15) is 0 Å². The fourth-order valence-corrected chi connectivity index (χ4v) is 8.17. The molecule has 156 valence electrons. The second-order valence-corrected chi connectivity index (χ2v) is 11.0. The summed E-state index contributed by atoms with van der Waals surface area (Å²) in [7, 11) is 0. The smallest absolute Gasteiger partial charge is 0.179 e. The molecule has 6 rings (SSSR count). The first-order valence-electron chi connectivity index (χ1n) is 12.3. The van der Waals surface area contributed by atoms with E-state index in [0.29, 0.717) is 17.4 Å². The first kappa shape index (κ1) is 18.4. The van der Waals surface area contributed by atoms with Crippen LogP contribution in [0.2, 0.25) is 0 Å². The quantitative estimate of drug-likeness (QED) is 0.603. The van der Waals surface area contributed by atoms with E-state index in [0.717, 1.165) is 36.5 Å². The van der Waals surface area contributed by atoms with Gasteiger partial charge < -0.3 is 4.57 Å². The Balaban J connectivity index is 1.37. The molecule has 0 saturated carbocycles. The third-order valence-corrected chi connectivity index (χ3v) is 9.25. The summed E-state index contributed by atoms with van der Waals surface area (Å²) in [5.74, 6) is 1.25. The van der Waals surface area contributed by atoms with Gasteiger partial charge in [-0.15, -0.1) is 0 Å². The SMILES string of the molecule is CC1=C(CC23CCC[C@H]4CC(C)C[C@H](CCC2)N43)C[C@@H]2CCC(=O)c3ccc1n32. The molecule has 0 amide bonds. The van der Waals surface area contributed by atoms with Crippen LogP contribution in [0.3, 0.4) is 0 Å². The highest BCUT2D eigenvalue weighted by atomic mass is 16.1. The van der Waals surface area contributed by atoms with Crippen LogP contribution in [0.4, 0.5) is 0 Å². The van der Waals surface area contributed by atoms with Gasteiger partial charge in [0.1, 0.15) is 0 Å². The number of rotatable bonds is 2. The maximum Gasteiger partial charge on any atom is 0.179 e. The number of carbonyl (C=O) groups is 1. The van der Waals surface area contributed by atoms with Gasteiger partial charge in [-0.05, 0) is 88.3 Å². The van der Waals surface area contributed by atoms with Crippen LogP contribution in [-0.2, 0) is 0 Å². The lowest BCUT2D eigenvalue weighted by molar-refractivity contribution is -0.102. The minimum Gasteiger partial charge on any atom is -0.335 e. The molecule has 0 bridgehead atoms. The second kappa shape index (κ2) is 6.57. The van der Waals surface area contributed by atoms with E-state index in [1.54, 1.807) is 5.57 Å². The van der Waals surface area contributed by atoms with Crippen LogP contribution in [0.1, 0.15) is 113 Å². The zero-order chi connectivity index (χ0) is 19.8. The van der Waals surface area contributed by atoms with Gasteiger partial charge in [-0.3, -0.25) is 9.69 Å². The molecule has 5 aliphatic rings. The highest BCUT2D eigenvalue weighted by Crippen LogP contribution is 2.52. The predicted octanol–water partition coefficient (Wildman–Crippen LogP) is 6.15. The minimum absolute atomic E-state index is 0.343. The van der Waals surface area contributed by atoms with E-state index < -0.39 is 0 Å². The summed E-state index contributed by atoms with van der Waals surface area (Å²) in [5, 5.41) is 0. The third kappa shape index (κ3) is 2.69. The highest BCUT2D eigenvalue weighted by Gasteiger charge is 2.51. The first-order valence-corrected chi connectivity index (χ1v) is 12.3. The molecule has 0 radical (unpaired) electrons. The molecule has 3 atom stereocenters. The van der Waals surface area contributed by atoms with E-state index in [9.17, 15) is 4.79 Å². The lowest BCUT2D eigenvalue weighted by atomic mass is 9.66. The molecule has 0 aromatic carbocycles. The van der Waals surface area contributed by atoms with Gasteiger partial charge in [0.2, 0.25) is 0 Å². The van der Waals surface area contributed by atoms with Crippen molar-refractivity contribution in [2.45, 2.75) is 115 Å². The molecule has 0 unspecified atom stereocenters. The molecule has 1 aromatic rings. The molecule has 6 heterocycles. The van der Waals surface area contributed by atoms with Gasteiger partial charge in [-0.25, -0.2) is 0 Å². The topological polar surface area (TPSA) is 25.2 Å². The number of hydrogen-bond acceptors (Lipinski definition) is 2. The zero-order valence-electron chi connectivity index (χ0n) is 18.3. The van der Waals surface area contributed by atoms with E-state index in [2.05, 4.69) is 35.4 Å². The van der Waals surface area contributed by atoms with Crippen LogP contribution in [0.25, 0.3) is 5.57 Å². The second-order valence-electron chi connectivity index (χ2n) is 11.0. The number of Topliss-reactive ketones (excluding diaryl/α,β-unsaturated/α-hetero) is 1. The van der Waals surface area contributed by atoms with E-state index in [1.807, 2.05) is 0 Å². The van der Waals surface area contributed by atoms with Crippen LogP contribution in [0, 0.1) is 5.92 Å². The maximum atomic E-state index is 12.4. The molecule has 0 spiro atoms. The molecule has 3 nitrogen and oxygen atoms in total. The monoisotopic (exact) mass is 392 g/mol. The van der Waals surface area contributed by atoms with Gasteiger partial charge in [0.15, 0.2) is 5.78 Å². The summed E-state index contributed by atoms with van der Waals surface area (Å²) < 4.78 is 2.39. The molecule has 1 aromatic heterocycles. The van der Waals surface area contributed by atoms with Crippen molar-refractivity contribution in [2.75, 3.05) is 0 Å². The van der Waals surface area contributed by atoms with Crippen LogP contribution >= 0.6 is 0 Å². The van der Waals surface area contributed by atoms with Crippen LogP contribution in [-0.4, -0.2) is 32.9 Å². The summed E-state index contributed by atoms with van der Waals surface area (Å²) in [5.41, 5.74) is 5.91. The summed E-state index contributed by atoms with van der Waals surface area (Å²) in [6.45, 7) is 4.83. The molecule has 0 aliphatic carbocycles. The largest absolute Gasteiger partial charge is 0.335 e. The molecule has 29 heavy (non-hydrogen) atoms. The Morgan fingerprint density at radius 1 is 1.00 bits per heavy atom. The highest BCUT2D eigenvalue weighted by molar-refractivity contribution is 5.96. The fraction of sp³-hybridized carbons (Fsp3) is 0.731. The average Bonchev–Trinajstić information content (AvgIpc) is 3.15. The molecular formula is C26H36N2O. The van der Waals surface area contributed by atoms with E-state index in [-0.39, 0.29) is 0 Å². The lowest BCUT2D eigenvalue weighted by Crippen LogP contribution is -2.65. The molecule has 3 heteroatoms. The van der Waals surface area contributed by atoms with Crippen molar-refractivity contribution in [3.63, 3.8) is 0 Å². The molecule has 3 saturated heterocycles. The minimum atomic E-state index is 0.343. The van der Waals surface area contributed by atoms with Crippen molar-refractivity contribution in [1.82, 2.24) is 9.47 Å². The summed E-state index contributed by atoms with van der Waals surface area (Å²) >= 11 is 0. The number of hydrogen-bond donors (Lipinski definition) is 0. The van der Waals surface area contributed by atoms with E-state index in [4.69, 9.17) is 0 Å². The Morgan fingerprint density at radius 2 is 1.69 bits per heavy atom. The Labute approximate surface area is 175 Å². The number of ketones is 1. The Kier molecular flexibility index (Phi) is 4.18. The Morgan fingerprint density at radius 3 is 2.41 bits per heavy atom. The Hall–Kier alpha value is -1.35. The summed E-state index contributed by atoms with van der Waals surface area (Å²) in [6.07, 6.45) is 15.6. The van der Waals surface area contributed by atoms with Crippen molar-refractivity contribution < 1.29 is 4.79 Å². The standard InChI is InChI=1S/C26H36N2O/c1-17-13-21-5-3-11-26(12-4-6-22(14-17)28(21)26)16-19-15-20-7-10-25(29)24-9-8-23(18(19)2)27(20)24/h8-9,17,20-22H,3-7,10-16H2,1-2H3/t17?,20-,21-,22-,26?/m0/s1. The van der Waals surface area contributed by atoms with Gasteiger partial charge in [0, 0.05) is 35.8 Å². The van der Waals surface area contributed by atoms with Crippen LogP contribution < -0.4 is 0 Å². The van der Waals surface area contributed by atoms with Gasteiger partial charge in [-0.1, -0.05) is 25.3 Å². The van der Waals surface area contributed by atoms with E-state index in [1.165, 1.54) is 75.5 Å². The maximum absolute atomic E-state index is 12.4. The molecule has 3 fully saturated rings. The van der Waals surface area contributed by atoms with Crippen molar-refractivity contribution in [1.29, 1.82) is 0 Å². The molecule has 5 aliphatic heterocycles. The number of nitrogens with zero attached hydrogens (tertiary/aromatic N) is 2. The first-order chi connectivity index (χ1) is 14.1. The Bertz CT molecular complexity index is 857. The fourth-order valence-electron chi connectivity index (χ4n) is 8.17. The average molecular weight is 393 g/mol. The lowest BCUT2D eigenvalue weighted by Gasteiger charge is -2.61. The predicted molar refractivity (Wildman–Crippen MR) is 117 cm³/mol. The number of allylic oxidation sites excluding steroid dienone is 1. The van der Waals surface area contributed by atoms with Gasteiger partial charge in [0.05, 0.1) is 5.69 Å². The number of aromatic nitrogens is 1. The van der Waals surface area contributed by atoms with Gasteiger partial charge >= 0.3 is 0 Å². The van der Waals surface area contributed by atoms with Crippen molar-refractivity contribution >= 4 is 11.4 Å². The van der Waals surface area contributed by atoms with E-state index >= 15 is 0 Å². The number of piperidine rings is 3. The van der Waals surface area contributed by atoms with Gasteiger partial charge in [0.25, 0.3) is 0 Å². The summed E-state index contributed by atoms with van der Waals surface area (Å²) in [6, 6.07) is 6.51. The number of carbonyl (C=O) groups excluding carboxylic acids is 1. The van der Waals surface area contributed by atoms with Crippen molar-refractivity contribution in [2.24, 2.45) is 5.92 Å². The molecular weight excluding hydrogens is 356 g/mol. The van der Waals surface area contributed by atoms with Crippen LogP contribution in [0.15, 0.2) is 17.7 Å². The summed E-state index contributed by atoms with van der Waals surface area (Å²) in [4.78, 5) is 15.4. The zero-order valence-corrected chi connectivity index (χ0v) is 18.3. The van der Waals surface area contributed by atoms with Crippen molar-refractivity contribution in [3.05, 3.63) is 29.1 Å². The van der Waals surface area contributed by atoms with Crippen molar-refractivity contribution in [3.8, 4) is 0 Å². The van der Waals surface area contributed by atoms with Crippen LogP contribution in [0.5, 0.6) is 0 Å². The normalized spacial score (nSPS) is 39.3. The third-order valence-electron chi connectivity index (χ3n) is 9.25.